The summed E-state index contributed by atoms with van der Waals surface area (Å²) in [5.74, 6) is 2.14. The van der Waals surface area contributed by atoms with Crippen molar-refractivity contribution >= 4 is 0 Å². The first-order valence-electron chi connectivity index (χ1n) is 9.58. The molecule has 4 rings (SSSR count). The monoisotopic (exact) mass is 358 g/mol. The Morgan fingerprint density at radius 1 is 1.12 bits per heavy atom. The lowest BCUT2D eigenvalue weighted by atomic mass is 9.86. The molecule has 140 valence electrons. The van der Waals surface area contributed by atoms with Gasteiger partial charge in [-0.15, -0.1) is 10.2 Å². The molecule has 0 bridgehead atoms. The van der Waals surface area contributed by atoms with Gasteiger partial charge in [-0.2, -0.15) is 0 Å². The molecule has 0 saturated heterocycles. The first-order chi connectivity index (χ1) is 12.5. The van der Waals surface area contributed by atoms with Gasteiger partial charge in [0, 0.05) is 12.5 Å². The minimum Gasteiger partial charge on any atom is -0.376 e. The summed E-state index contributed by atoms with van der Waals surface area (Å²) in [6, 6.07) is 5.04. The molecule has 6 heteroatoms. The molecule has 0 amide bonds. The van der Waals surface area contributed by atoms with Crippen LogP contribution >= 0.6 is 0 Å². The van der Waals surface area contributed by atoms with Crippen molar-refractivity contribution in [1.82, 2.24) is 19.7 Å². The SMILES string of the molecule is CC(C)O[C@H]1CC[C@H](c2nnc3n2-c2ccc(F)cc2CN(C)C3)CC1. The van der Waals surface area contributed by atoms with Crippen LogP contribution in [0.1, 0.15) is 62.7 Å². The average Bonchev–Trinajstić information content (AvgIpc) is 2.92. The Morgan fingerprint density at radius 3 is 2.62 bits per heavy atom. The number of fused-ring (bicyclic) bond motifs is 3. The highest BCUT2D eigenvalue weighted by atomic mass is 19.1. The van der Waals surface area contributed by atoms with Gasteiger partial charge in [0.05, 0.1) is 24.4 Å². The zero-order chi connectivity index (χ0) is 18.3. The van der Waals surface area contributed by atoms with E-state index in [2.05, 4.69) is 33.5 Å². The van der Waals surface area contributed by atoms with E-state index in [1.54, 1.807) is 6.07 Å². The van der Waals surface area contributed by atoms with Crippen LogP contribution in [0.2, 0.25) is 0 Å². The van der Waals surface area contributed by atoms with Crippen LogP contribution in [-0.2, 0) is 17.8 Å². The molecule has 0 radical (unpaired) electrons. The zero-order valence-electron chi connectivity index (χ0n) is 15.8. The van der Waals surface area contributed by atoms with Crippen LogP contribution in [0.25, 0.3) is 5.69 Å². The second-order valence-electron chi connectivity index (χ2n) is 7.91. The Bertz CT molecular complexity index is 780. The van der Waals surface area contributed by atoms with Gasteiger partial charge in [-0.3, -0.25) is 9.47 Å². The van der Waals surface area contributed by atoms with E-state index in [9.17, 15) is 4.39 Å². The van der Waals surface area contributed by atoms with E-state index in [1.807, 2.05) is 13.1 Å². The summed E-state index contributed by atoms with van der Waals surface area (Å²) in [5, 5.41) is 9.03. The minimum atomic E-state index is -0.193. The van der Waals surface area contributed by atoms with Crippen LogP contribution in [0.5, 0.6) is 0 Å². The summed E-state index contributed by atoms with van der Waals surface area (Å²) in [4.78, 5) is 2.16. The molecule has 1 aliphatic carbocycles. The van der Waals surface area contributed by atoms with Crippen molar-refractivity contribution in [2.24, 2.45) is 0 Å². The summed E-state index contributed by atoms with van der Waals surface area (Å²) < 4.78 is 21.9. The van der Waals surface area contributed by atoms with E-state index in [4.69, 9.17) is 4.74 Å². The predicted molar refractivity (Wildman–Crippen MR) is 97.7 cm³/mol. The Labute approximate surface area is 154 Å². The number of rotatable bonds is 3. The second kappa shape index (κ2) is 7.08. The molecule has 2 aliphatic rings. The minimum absolute atomic E-state index is 0.193. The predicted octanol–water partition coefficient (Wildman–Crippen LogP) is 3.80. The van der Waals surface area contributed by atoms with Crippen LogP contribution in [0.3, 0.4) is 0 Å². The Kier molecular flexibility index (Phi) is 4.80. The highest BCUT2D eigenvalue weighted by Gasteiger charge is 2.30. The van der Waals surface area contributed by atoms with Crippen LogP contribution in [0, 0.1) is 5.82 Å². The number of halogens is 1. The molecule has 2 aromatic rings. The standard InChI is InChI=1S/C20H27FN4O/c1-13(2)26-17-7-4-14(5-8-17)20-23-22-19-12-24(3)11-15-10-16(21)6-9-18(15)25(19)20/h6,9-10,13-14,17H,4-5,7-8,11-12H2,1-3H3/t14-,17-. The van der Waals surface area contributed by atoms with E-state index >= 15 is 0 Å². The first kappa shape index (κ1) is 17.6. The number of aromatic nitrogens is 3. The molecule has 1 aromatic heterocycles. The summed E-state index contributed by atoms with van der Waals surface area (Å²) in [7, 11) is 2.03. The molecule has 26 heavy (non-hydrogen) atoms. The van der Waals surface area contributed by atoms with E-state index in [0.29, 0.717) is 18.6 Å². The van der Waals surface area contributed by atoms with Gasteiger partial charge in [-0.25, -0.2) is 4.39 Å². The molecule has 1 fully saturated rings. The van der Waals surface area contributed by atoms with Crippen molar-refractivity contribution in [3.63, 3.8) is 0 Å². The smallest absolute Gasteiger partial charge is 0.151 e. The fourth-order valence-electron chi connectivity index (χ4n) is 4.29. The number of ether oxygens (including phenoxy) is 1. The van der Waals surface area contributed by atoms with Gasteiger partial charge in [0.2, 0.25) is 0 Å². The van der Waals surface area contributed by atoms with Gasteiger partial charge in [0.15, 0.2) is 5.82 Å². The fourth-order valence-corrected chi connectivity index (χ4v) is 4.29. The van der Waals surface area contributed by atoms with Crippen LogP contribution in [0.4, 0.5) is 4.39 Å². The average molecular weight is 358 g/mol. The normalized spacial score (nSPS) is 23.6. The van der Waals surface area contributed by atoms with E-state index in [-0.39, 0.29) is 11.9 Å². The van der Waals surface area contributed by atoms with Gasteiger partial charge < -0.3 is 4.74 Å². The number of hydrogen-bond acceptors (Lipinski definition) is 4. The maximum atomic E-state index is 13.8. The third-order valence-electron chi connectivity index (χ3n) is 5.39. The van der Waals surface area contributed by atoms with Crippen LogP contribution in [-0.4, -0.2) is 38.9 Å². The van der Waals surface area contributed by atoms with Crippen molar-refractivity contribution in [2.75, 3.05) is 7.05 Å². The highest BCUT2D eigenvalue weighted by molar-refractivity contribution is 5.44. The molecule has 1 aliphatic heterocycles. The molecule has 0 N–H and O–H groups in total. The molecule has 5 nitrogen and oxygen atoms in total. The maximum absolute atomic E-state index is 13.8. The first-order valence-corrected chi connectivity index (χ1v) is 9.58. The Morgan fingerprint density at radius 2 is 1.88 bits per heavy atom. The third-order valence-corrected chi connectivity index (χ3v) is 5.39. The largest absolute Gasteiger partial charge is 0.376 e. The zero-order valence-corrected chi connectivity index (χ0v) is 15.8. The van der Waals surface area contributed by atoms with Crippen LogP contribution < -0.4 is 0 Å². The quantitative estimate of drug-likeness (QED) is 0.837. The van der Waals surface area contributed by atoms with Gasteiger partial charge in [-0.1, -0.05) is 0 Å². The highest BCUT2D eigenvalue weighted by Crippen LogP contribution is 2.36. The second-order valence-corrected chi connectivity index (χ2v) is 7.91. The molecule has 0 atom stereocenters. The van der Waals surface area contributed by atoms with Crippen molar-refractivity contribution in [3.8, 4) is 5.69 Å². The molecule has 0 unspecified atom stereocenters. The lowest BCUT2D eigenvalue weighted by molar-refractivity contribution is -0.0151. The number of benzene rings is 1. The van der Waals surface area contributed by atoms with Gasteiger partial charge in [0.25, 0.3) is 0 Å². The van der Waals surface area contributed by atoms with E-state index in [0.717, 1.165) is 55.1 Å². The molecule has 1 saturated carbocycles. The summed E-state index contributed by atoms with van der Waals surface area (Å²) in [6.07, 6.45) is 4.86. The molecule has 0 spiro atoms. The van der Waals surface area contributed by atoms with Gasteiger partial charge >= 0.3 is 0 Å². The van der Waals surface area contributed by atoms with Gasteiger partial charge in [0.1, 0.15) is 11.6 Å². The fraction of sp³-hybridized carbons (Fsp3) is 0.600. The summed E-state index contributed by atoms with van der Waals surface area (Å²) in [5.41, 5.74) is 2.01. The van der Waals surface area contributed by atoms with Gasteiger partial charge in [-0.05, 0) is 70.3 Å². The third kappa shape index (κ3) is 3.40. The van der Waals surface area contributed by atoms with Crippen molar-refractivity contribution < 1.29 is 9.13 Å². The number of nitrogens with zero attached hydrogens (tertiary/aromatic N) is 4. The molecule has 2 heterocycles. The Hall–Kier alpha value is -1.79. The summed E-state index contributed by atoms with van der Waals surface area (Å²) in [6.45, 7) is 5.62. The van der Waals surface area contributed by atoms with Crippen LogP contribution in [0.15, 0.2) is 18.2 Å². The molecular formula is C20H27FN4O. The van der Waals surface area contributed by atoms with Crippen molar-refractivity contribution in [2.45, 2.75) is 70.7 Å². The topological polar surface area (TPSA) is 43.2 Å². The van der Waals surface area contributed by atoms with E-state index in [1.165, 1.54) is 6.07 Å². The number of hydrogen-bond donors (Lipinski definition) is 0. The Balaban J connectivity index is 1.65. The lowest BCUT2D eigenvalue weighted by Crippen LogP contribution is -2.25. The van der Waals surface area contributed by atoms with E-state index < -0.39 is 0 Å². The lowest BCUT2D eigenvalue weighted by Gasteiger charge is -2.29. The van der Waals surface area contributed by atoms with Crippen molar-refractivity contribution in [3.05, 3.63) is 41.2 Å². The summed E-state index contributed by atoms with van der Waals surface area (Å²) >= 11 is 0. The molecular weight excluding hydrogens is 331 g/mol. The molecule has 1 aromatic carbocycles. The maximum Gasteiger partial charge on any atom is 0.151 e. The van der Waals surface area contributed by atoms with Crippen molar-refractivity contribution in [1.29, 1.82) is 0 Å².